The lowest BCUT2D eigenvalue weighted by Gasteiger charge is -2.31. The predicted octanol–water partition coefficient (Wildman–Crippen LogP) is 2.36. The van der Waals surface area contributed by atoms with Crippen LogP contribution >= 0.6 is 33.9 Å². The average Bonchev–Trinajstić information content (AvgIpc) is 2.77. The van der Waals surface area contributed by atoms with E-state index in [1.165, 1.54) is 11.3 Å². The highest BCUT2D eigenvalue weighted by Crippen LogP contribution is 2.32. The number of hydrogen-bond donors (Lipinski definition) is 3. The molecule has 0 saturated heterocycles. The van der Waals surface area contributed by atoms with Crippen molar-refractivity contribution < 1.29 is 15.0 Å². The van der Waals surface area contributed by atoms with Gasteiger partial charge in [0.25, 0.3) is 0 Å². The van der Waals surface area contributed by atoms with Gasteiger partial charge in [-0.3, -0.25) is 4.79 Å². The van der Waals surface area contributed by atoms with Gasteiger partial charge in [-0.1, -0.05) is 22.6 Å². The van der Waals surface area contributed by atoms with Crippen molar-refractivity contribution in [1.29, 1.82) is 0 Å². The Morgan fingerprint density at radius 3 is 3.05 bits per heavy atom. The summed E-state index contributed by atoms with van der Waals surface area (Å²) in [5, 5.41) is 11.9. The fourth-order valence-electron chi connectivity index (χ4n) is 2.20. The second kappa shape index (κ2) is 6.93. The number of anilines is 1. The highest BCUT2D eigenvalue weighted by molar-refractivity contribution is 14.1. The summed E-state index contributed by atoms with van der Waals surface area (Å²) in [5.74, 6) is -0.121. The molecule has 0 bridgehead atoms. The monoisotopic (exact) mass is 397 g/mol. The van der Waals surface area contributed by atoms with Gasteiger partial charge < -0.3 is 5.32 Å². The molecule has 1 aliphatic carbocycles. The van der Waals surface area contributed by atoms with E-state index in [1.54, 1.807) is 6.20 Å². The van der Waals surface area contributed by atoms with Crippen molar-refractivity contribution in [2.24, 2.45) is 5.92 Å². The molecular formula is C11H16IN3O3S. The highest BCUT2D eigenvalue weighted by atomic mass is 127. The van der Waals surface area contributed by atoms with Crippen LogP contribution < -0.4 is 10.8 Å². The minimum atomic E-state index is -0.105. The van der Waals surface area contributed by atoms with E-state index in [-0.39, 0.29) is 21.8 Å². The fourth-order valence-corrected chi connectivity index (χ4v) is 3.84. The largest absolute Gasteiger partial charge is 0.302 e. The van der Waals surface area contributed by atoms with Gasteiger partial charge in [-0.2, -0.15) is 5.48 Å². The van der Waals surface area contributed by atoms with Crippen molar-refractivity contribution in [2.75, 3.05) is 5.32 Å². The Labute approximate surface area is 129 Å². The molecule has 3 N–H and O–H groups in total. The van der Waals surface area contributed by atoms with Crippen molar-refractivity contribution in [3.05, 3.63) is 11.1 Å². The van der Waals surface area contributed by atoms with Crippen LogP contribution in [0.4, 0.5) is 5.13 Å². The number of hydrogen-bond acceptors (Lipinski definition) is 6. The fraction of sp³-hybridized carbons (Fsp3) is 0.636. The number of alkyl halides is 1. The molecule has 1 saturated carbocycles. The average molecular weight is 397 g/mol. The summed E-state index contributed by atoms with van der Waals surface area (Å²) < 4.78 is 0.287. The second-order valence-corrected chi connectivity index (χ2v) is 7.44. The maximum Gasteiger partial charge on any atom is 0.230 e. The molecule has 1 heterocycles. The van der Waals surface area contributed by atoms with Gasteiger partial charge in [0.05, 0.1) is 5.92 Å². The molecule has 0 aromatic carbocycles. The molecule has 0 aliphatic heterocycles. The van der Waals surface area contributed by atoms with Crippen molar-refractivity contribution in [2.45, 2.75) is 36.2 Å². The Morgan fingerprint density at radius 1 is 1.63 bits per heavy atom. The van der Waals surface area contributed by atoms with Gasteiger partial charge in [0.15, 0.2) is 5.13 Å². The van der Waals surface area contributed by atoms with Crippen LogP contribution in [0.25, 0.3) is 0 Å². The van der Waals surface area contributed by atoms with E-state index in [4.69, 9.17) is 5.26 Å². The Hall–Kier alpha value is -0.290. The third-order valence-corrected chi connectivity index (χ3v) is 5.49. The first kappa shape index (κ1) is 15.1. The van der Waals surface area contributed by atoms with Gasteiger partial charge in [0, 0.05) is 21.0 Å². The van der Waals surface area contributed by atoms with E-state index in [2.05, 4.69) is 43.4 Å². The first-order chi connectivity index (χ1) is 9.10. The molecule has 8 heteroatoms. The summed E-state index contributed by atoms with van der Waals surface area (Å²) in [4.78, 5) is 21.4. The van der Waals surface area contributed by atoms with Crippen LogP contribution in [0, 0.1) is 12.8 Å². The van der Waals surface area contributed by atoms with Crippen molar-refractivity contribution in [3.63, 3.8) is 0 Å². The Balaban J connectivity index is 1.96. The van der Waals surface area contributed by atoms with E-state index in [1.807, 2.05) is 6.92 Å². The van der Waals surface area contributed by atoms with Crippen molar-refractivity contribution in [3.8, 4) is 0 Å². The standard InChI is InChI=1S/C11H16IN3O3S/c1-6-5-13-11(19-6)14-10(16)8-4-7(15-18-17)2-3-9(8)12/h5,7-9,15,17H,2-4H2,1H3,(H,13,14,16). The third-order valence-electron chi connectivity index (χ3n) is 3.17. The van der Waals surface area contributed by atoms with Crippen LogP contribution in [0.15, 0.2) is 6.20 Å². The maximum atomic E-state index is 12.3. The zero-order chi connectivity index (χ0) is 13.8. The number of halogens is 1. The van der Waals surface area contributed by atoms with Gasteiger partial charge >= 0.3 is 0 Å². The minimum Gasteiger partial charge on any atom is -0.302 e. The van der Waals surface area contributed by atoms with Gasteiger partial charge in [-0.25, -0.2) is 10.2 Å². The van der Waals surface area contributed by atoms with Gasteiger partial charge in [0.1, 0.15) is 0 Å². The molecule has 3 unspecified atom stereocenters. The predicted molar refractivity (Wildman–Crippen MR) is 81.3 cm³/mol. The number of amides is 1. The van der Waals surface area contributed by atoms with Crippen LogP contribution in [0.1, 0.15) is 24.1 Å². The highest BCUT2D eigenvalue weighted by Gasteiger charge is 2.34. The van der Waals surface area contributed by atoms with Crippen molar-refractivity contribution >= 4 is 45.0 Å². The number of nitrogens with one attached hydrogen (secondary N) is 2. The molecule has 19 heavy (non-hydrogen) atoms. The van der Waals surface area contributed by atoms with Crippen LogP contribution in [0.5, 0.6) is 0 Å². The summed E-state index contributed by atoms with van der Waals surface area (Å²) >= 11 is 3.78. The number of nitrogens with zero attached hydrogens (tertiary/aromatic N) is 1. The van der Waals surface area contributed by atoms with Gasteiger partial charge in [-0.05, 0) is 26.2 Å². The lowest BCUT2D eigenvalue weighted by Crippen LogP contribution is -2.42. The normalized spacial score (nSPS) is 27.2. The summed E-state index contributed by atoms with van der Waals surface area (Å²) in [6, 6.07) is 0.00444. The Bertz CT molecular complexity index is 443. The quantitative estimate of drug-likeness (QED) is 0.315. The first-order valence-corrected chi connectivity index (χ1v) is 8.09. The number of hydroxylamine groups is 1. The molecule has 2 rings (SSSR count). The van der Waals surface area contributed by atoms with Crippen LogP contribution in [0.2, 0.25) is 0 Å². The Kier molecular flexibility index (Phi) is 5.51. The number of carbonyl (C=O) groups is 1. The molecule has 1 fully saturated rings. The molecular weight excluding hydrogens is 381 g/mol. The van der Waals surface area contributed by atoms with Crippen LogP contribution in [-0.4, -0.2) is 26.1 Å². The van der Waals surface area contributed by atoms with E-state index in [0.717, 1.165) is 17.7 Å². The molecule has 1 aromatic rings. The lowest BCUT2D eigenvalue weighted by atomic mass is 9.85. The summed E-state index contributed by atoms with van der Waals surface area (Å²) in [7, 11) is 0. The molecule has 3 atom stereocenters. The van der Waals surface area contributed by atoms with Gasteiger partial charge in [-0.15, -0.1) is 16.3 Å². The number of thiazole rings is 1. The molecule has 1 aliphatic rings. The molecule has 1 aromatic heterocycles. The number of carbonyl (C=O) groups excluding carboxylic acids is 1. The summed E-state index contributed by atoms with van der Waals surface area (Å²) in [6.07, 6.45) is 4.18. The minimum absolute atomic E-state index is 0.00444. The number of rotatable bonds is 4. The van der Waals surface area contributed by atoms with E-state index in [9.17, 15) is 4.79 Å². The Morgan fingerprint density at radius 2 is 2.42 bits per heavy atom. The van der Waals surface area contributed by atoms with E-state index in [0.29, 0.717) is 11.6 Å². The molecule has 0 radical (unpaired) electrons. The molecule has 6 nitrogen and oxygen atoms in total. The van der Waals surface area contributed by atoms with Crippen LogP contribution in [0.3, 0.4) is 0 Å². The first-order valence-electron chi connectivity index (χ1n) is 6.03. The zero-order valence-corrected chi connectivity index (χ0v) is 13.4. The lowest BCUT2D eigenvalue weighted by molar-refractivity contribution is -0.301. The van der Waals surface area contributed by atoms with Gasteiger partial charge in [0.2, 0.25) is 5.91 Å². The third kappa shape index (κ3) is 4.09. The number of aryl methyl sites for hydroxylation is 1. The SMILES string of the molecule is Cc1cnc(NC(=O)C2CC(NOO)CCC2I)s1. The second-order valence-electron chi connectivity index (χ2n) is 4.61. The molecule has 0 spiro atoms. The van der Waals surface area contributed by atoms with Crippen molar-refractivity contribution in [1.82, 2.24) is 10.5 Å². The smallest absolute Gasteiger partial charge is 0.230 e. The zero-order valence-electron chi connectivity index (χ0n) is 10.4. The topological polar surface area (TPSA) is 83.5 Å². The summed E-state index contributed by atoms with van der Waals surface area (Å²) in [5.41, 5.74) is 2.52. The van der Waals surface area contributed by atoms with E-state index >= 15 is 0 Å². The van der Waals surface area contributed by atoms with E-state index < -0.39 is 0 Å². The molecule has 1 amide bonds. The summed E-state index contributed by atoms with van der Waals surface area (Å²) in [6.45, 7) is 1.95. The molecule has 106 valence electrons. The van der Waals surface area contributed by atoms with Crippen LogP contribution in [-0.2, 0) is 9.78 Å². The number of aromatic nitrogens is 1. The maximum absolute atomic E-state index is 12.3.